The van der Waals surface area contributed by atoms with Gasteiger partial charge in [0.15, 0.2) is 0 Å². The summed E-state index contributed by atoms with van der Waals surface area (Å²) in [5.41, 5.74) is 2.23. The van der Waals surface area contributed by atoms with Crippen molar-refractivity contribution in [2.45, 2.75) is 24.9 Å². The molecule has 0 fully saturated rings. The summed E-state index contributed by atoms with van der Waals surface area (Å²) < 4.78 is 29.8. The molecule has 0 unspecified atom stereocenters. The Bertz CT molecular complexity index is 1310. The molecule has 0 aliphatic carbocycles. The summed E-state index contributed by atoms with van der Waals surface area (Å²) in [6.07, 6.45) is 0. The van der Waals surface area contributed by atoms with Crippen molar-refractivity contribution in [3.63, 3.8) is 0 Å². The third-order valence-electron chi connectivity index (χ3n) is 4.89. The van der Waals surface area contributed by atoms with Crippen LogP contribution in [-0.4, -0.2) is 30.4 Å². The van der Waals surface area contributed by atoms with Crippen LogP contribution in [0.4, 0.5) is 0 Å². The molecule has 4 rings (SSSR count). The zero-order valence-electron chi connectivity index (χ0n) is 16.9. The van der Waals surface area contributed by atoms with E-state index in [2.05, 4.69) is 15.0 Å². The van der Waals surface area contributed by atoms with E-state index in [-0.39, 0.29) is 17.3 Å². The van der Waals surface area contributed by atoms with Crippen LogP contribution in [0.15, 0.2) is 70.9 Å². The van der Waals surface area contributed by atoms with Crippen LogP contribution in [0.25, 0.3) is 11.0 Å². The molecular formula is C22H22N4O3S2. The normalized spacial score (nSPS) is 11.6. The monoisotopic (exact) mass is 454 g/mol. The van der Waals surface area contributed by atoms with Gasteiger partial charge in [0, 0.05) is 30.1 Å². The summed E-state index contributed by atoms with van der Waals surface area (Å²) in [6, 6.07) is 17.6. The molecule has 1 amide bonds. The molecular weight excluding hydrogens is 432 g/mol. The highest BCUT2D eigenvalue weighted by molar-refractivity contribution is 7.89. The van der Waals surface area contributed by atoms with Crippen LogP contribution in [0.1, 0.15) is 21.1 Å². The van der Waals surface area contributed by atoms with E-state index in [1.165, 1.54) is 23.5 Å². The summed E-state index contributed by atoms with van der Waals surface area (Å²) in [5.74, 6) is 0.553. The van der Waals surface area contributed by atoms with E-state index in [1.807, 2.05) is 53.3 Å². The van der Waals surface area contributed by atoms with Gasteiger partial charge in [-0.15, -0.1) is 11.3 Å². The van der Waals surface area contributed by atoms with Crippen molar-refractivity contribution in [1.29, 1.82) is 0 Å². The molecule has 0 spiro atoms. The number of nitrogens with zero attached hydrogens (tertiary/aromatic N) is 2. The van der Waals surface area contributed by atoms with E-state index < -0.39 is 10.0 Å². The second-order valence-corrected chi connectivity index (χ2v) is 9.79. The summed E-state index contributed by atoms with van der Waals surface area (Å²) >= 11 is 1.48. The second kappa shape index (κ2) is 9.01. The van der Waals surface area contributed by atoms with Gasteiger partial charge in [-0.25, -0.2) is 18.1 Å². The quantitative estimate of drug-likeness (QED) is 0.427. The fraction of sp³-hybridized carbons (Fsp3) is 0.182. The Balaban J connectivity index is 1.40. The maximum Gasteiger partial charge on any atom is 0.251 e. The molecule has 160 valence electrons. The average molecular weight is 455 g/mol. The summed E-state index contributed by atoms with van der Waals surface area (Å²) in [7, 11) is -3.71. The van der Waals surface area contributed by atoms with Crippen LogP contribution < -0.4 is 10.0 Å². The molecule has 2 N–H and O–H groups in total. The lowest BCUT2D eigenvalue weighted by Gasteiger charge is -2.10. The standard InChI is InChI=1S/C22H22N4O3S2/c1-16-25-20-9-2-3-10-21(20)26(16)12-11-23-22(27)17-6-4-8-19(14-17)31(28,29)24-15-18-7-5-13-30-18/h2-10,13-14,24H,11-12,15H2,1H3,(H,23,27). The Kier molecular flexibility index (Phi) is 6.17. The van der Waals surface area contributed by atoms with Crippen molar-refractivity contribution in [2.75, 3.05) is 6.54 Å². The van der Waals surface area contributed by atoms with E-state index >= 15 is 0 Å². The molecule has 0 aliphatic rings. The maximum absolute atomic E-state index is 12.6. The van der Waals surface area contributed by atoms with Crippen LogP contribution in [0, 0.1) is 6.92 Å². The number of hydrogen-bond donors (Lipinski definition) is 2. The van der Waals surface area contributed by atoms with Crippen LogP contribution >= 0.6 is 11.3 Å². The lowest BCUT2D eigenvalue weighted by Crippen LogP contribution is -2.28. The van der Waals surface area contributed by atoms with Gasteiger partial charge in [-0.2, -0.15) is 0 Å². The van der Waals surface area contributed by atoms with Gasteiger partial charge in [-0.1, -0.05) is 24.3 Å². The first-order valence-electron chi connectivity index (χ1n) is 9.76. The minimum absolute atomic E-state index is 0.0631. The van der Waals surface area contributed by atoms with Crippen molar-refractivity contribution in [3.8, 4) is 0 Å². The number of sulfonamides is 1. The lowest BCUT2D eigenvalue weighted by atomic mass is 10.2. The van der Waals surface area contributed by atoms with Crippen LogP contribution in [0.5, 0.6) is 0 Å². The molecule has 2 aromatic carbocycles. The SMILES string of the molecule is Cc1nc2ccccc2n1CCNC(=O)c1cccc(S(=O)(=O)NCc2cccs2)c1. The Morgan fingerprint density at radius 1 is 1.10 bits per heavy atom. The summed E-state index contributed by atoms with van der Waals surface area (Å²) in [5, 5.41) is 4.75. The van der Waals surface area contributed by atoms with Gasteiger partial charge in [-0.3, -0.25) is 4.79 Å². The number of thiophene rings is 1. The van der Waals surface area contributed by atoms with E-state index in [0.29, 0.717) is 18.7 Å². The van der Waals surface area contributed by atoms with Gasteiger partial charge in [0.05, 0.1) is 15.9 Å². The molecule has 9 heteroatoms. The fourth-order valence-corrected chi connectivity index (χ4v) is 5.12. The Morgan fingerprint density at radius 3 is 2.74 bits per heavy atom. The highest BCUT2D eigenvalue weighted by Crippen LogP contribution is 2.16. The van der Waals surface area contributed by atoms with Crippen molar-refractivity contribution >= 4 is 38.3 Å². The molecule has 0 saturated carbocycles. The van der Waals surface area contributed by atoms with Gasteiger partial charge in [0.1, 0.15) is 5.82 Å². The highest BCUT2D eigenvalue weighted by Gasteiger charge is 2.16. The first-order valence-corrected chi connectivity index (χ1v) is 12.1. The molecule has 4 aromatic rings. The number of carbonyl (C=O) groups is 1. The number of para-hydroxylation sites is 2. The molecule has 0 saturated heterocycles. The number of imidazole rings is 1. The van der Waals surface area contributed by atoms with E-state index in [4.69, 9.17) is 0 Å². The number of aryl methyl sites for hydroxylation is 1. The maximum atomic E-state index is 12.6. The highest BCUT2D eigenvalue weighted by atomic mass is 32.2. The first-order chi connectivity index (χ1) is 14.9. The molecule has 2 heterocycles. The first kappa shape index (κ1) is 21.2. The van der Waals surface area contributed by atoms with Crippen LogP contribution in [-0.2, 0) is 23.1 Å². The molecule has 0 aliphatic heterocycles. The van der Waals surface area contributed by atoms with E-state index in [0.717, 1.165) is 21.7 Å². The number of hydrogen-bond acceptors (Lipinski definition) is 5. The number of fused-ring (bicyclic) bond motifs is 1. The van der Waals surface area contributed by atoms with Crippen molar-refractivity contribution < 1.29 is 13.2 Å². The van der Waals surface area contributed by atoms with Crippen molar-refractivity contribution in [3.05, 3.63) is 82.3 Å². The van der Waals surface area contributed by atoms with Gasteiger partial charge < -0.3 is 9.88 Å². The number of rotatable bonds is 8. The van der Waals surface area contributed by atoms with Crippen LogP contribution in [0.2, 0.25) is 0 Å². The zero-order valence-corrected chi connectivity index (χ0v) is 18.5. The molecule has 0 radical (unpaired) electrons. The Labute approximate surface area is 184 Å². The molecule has 2 aromatic heterocycles. The molecule has 7 nitrogen and oxygen atoms in total. The predicted octanol–water partition coefficient (Wildman–Crippen LogP) is 3.31. The largest absolute Gasteiger partial charge is 0.350 e. The Morgan fingerprint density at radius 2 is 1.94 bits per heavy atom. The fourth-order valence-electron chi connectivity index (χ4n) is 3.33. The summed E-state index contributed by atoms with van der Waals surface area (Å²) in [4.78, 5) is 18.1. The van der Waals surface area contributed by atoms with Gasteiger partial charge in [0.2, 0.25) is 10.0 Å². The predicted molar refractivity (Wildman–Crippen MR) is 122 cm³/mol. The second-order valence-electron chi connectivity index (χ2n) is 6.99. The number of amides is 1. The van der Waals surface area contributed by atoms with Gasteiger partial charge >= 0.3 is 0 Å². The number of benzene rings is 2. The smallest absolute Gasteiger partial charge is 0.251 e. The molecule has 31 heavy (non-hydrogen) atoms. The number of nitrogens with one attached hydrogen (secondary N) is 2. The third kappa shape index (κ3) is 4.84. The van der Waals surface area contributed by atoms with Gasteiger partial charge in [-0.05, 0) is 48.7 Å². The average Bonchev–Trinajstić information content (AvgIpc) is 3.40. The summed E-state index contributed by atoms with van der Waals surface area (Å²) in [6.45, 7) is 3.11. The number of aromatic nitrogens is 2. The van der Waals surface area contributed by atoms with E-state index in [9.17, 15) is 13.2 Å². The lowest BCUT2D eigenvalue weighted by molar-refractivity contribution is 0.0952. The zero-order chi connectivity index (χ0) is 21.8. The van der Waals surface area contributed by atoms with Gasteiger partial charge in [0.25, 0.3) is 5.91 Å². The molecule has 0 atom stereocenters. The topological polar surface area (TPSA) is 93.1 Å². The third-order valence-corrected chi connectivity index (χ3v) is 7.16. The van der Waals surface area contributed by atoms with Crippen molar-refractivity contribution in [2.24, 2.45) is 0 Å². The number of carbonyl (C=O) groups excluding carboxylic acids is 1. The Hall–Kier alpha value is -3.01. The van der Waals surface area contributed by atoms with Crippen LogP contribution in [0.3, 0.4) is 0 Å². The molecule has 0 bridgehead atoms. The minimum atomic E-state index is -3.71. The minimum Gasteiger partial charge on any atom is -0.350 e. The van der Waals surface area contributed by atoms with E-state index in [1.54, 1.807) is 12.1 Å². The van der Waals surface area contributed by atoms with Crippen molar-refractivity contribution in [1.82, 2.24) is 19.6 Å².